The largest absolute Gasteiger partial charge is 0.385 e. The van der Waals surface area contributed by atoms with Gasteiger partial charge in [0.25, 0.3) is 0 Å². The summed E-state index contributed by atoms with van der Waals surface area (Å²) in [4.78, 5) is 2.51. The van der Waals surface area contributed by atoms with Crippen molar-refractivity contribution in [3.8, 4) is 0 Å². The fraction of sp³-hybridized carbons (Fsp3) is 0.370. The average molecular weight is 858 g/mol. The van der Waals surface area contributed by atoms with E-state index >= 15 is 0 Å². The van der Waals surface area contributed by atoms with Crippen LogP contribution in [0.3, 0.4) is 0 Å². The van der Waals surface area contributed by atoms with Crippen molar-refractivity contribution in [3.63, 3.8) is 0 Å². The van der Waals surface area contributed by atoms with Gasteiger partial charge in [-0.1, -0.05) is 87.7 Å². The molecule has 0 bridgehead atoms. The van der Waals surface area contributed by atoms with Crippen molar-refractivity contribution in [3.05, 3.63) is 127 Å². The first-order chi connectivity index (χ1) is 25.5. The monoisotopic (exact) mass is 855 g/mol. The van der Waals surface area contributed by atoms with Crippen LogP contribution in [0.2, 0.25) is 0 Å². The summed E-state index contributed by atoms with van der Waals surface area (Å²) in [6.07, 6.45) is 14.2. The van der Waals surface area contributed by atoms with Gasteiger partial charge in [-0.2, -0.15) is 4.58 Å². The molecule has 2 heterocycles. The maximum absolute atomic E-state index is 7.36. The minimum absolute atomic E-state index is 0.188. The first kappa shape index (κ1) is 38.3. The van der Waals surface area contributed by atoms with E-state index in [0.717, 1.165) is 72.4 Å². The van der Waals surface area contributed by atoms with Gasteiger partial charge in [0.1, 0.15) is 0 Å². The number of allylic oxidation sites excluding steroid dienone is 8. The fourth-order valence-electron chi connectivity index (χ4n) is 8.91. The Kier molecular flexibility index (Phi) is 11.3. The lowest BCUT2D eigenvalue weighted by Crippen LogP contribution is -2.28. The van der Waals surface area contributed by atoms with Crippen molar-refractivity contribution >= 4 is 82.1 Å². The number of halogens is 3. The van der Waals surface area contributed by atoms with E-state index < -0.39 is 0 Å². The maximum atomic E-state index is 7.36. The molecular weight excluding hydrogens is 808 g/mol. The highest BCUT2D eigenvalue weighted by Gasteiger charge is 2.45. The maximum Gasteiger partial charge on any atom is 0.210 e. The number of anilines is 1. The summed E-state index contributed by atoms with van der Waals surface area (Å²) < 4.78 is 15.7. The van der Waals surface area contributed by atoms with Gasteiger partial charge in [0.05, 0.1) is 12.0 Å². The zero-order valence-corrected chi connectivity index (χ0v) is 35.7. The summed E-state index contributed by atoms with van der Waals surface area (Å²) in [5, 5.41) is 6.00. The predicted molar refractivity (Wildman–Crippen MR) is 232 cm³/mol. The molecule has 0 atom stereocenters. The van der Waals surface area contributed by atoms with Crippen molar-refractivity contribution in [2.24, 2.45) is 0 Å². The van der Waals surface area contributed by atoms with Crippen LogP contribution in [-0.2, 0) is 20.3 Å². The Morgan fingerprint density at radius 2 is 1.43 bits per heavy atom. The number of nitrogens with zero attached hydrogens (tertiary/aromatic N) is 2. The molecule has 0 unspecified atom stereocenters. The lowest BCUT2D eigenvalue weighted by atomic mass is 9.78. The van der Waals surface area contributed by atoms with Gasteiger partial charge >= 0.3 is 0 Å². The van der Waals surface area contributed by atoms with E-state index in [2.05, 4.69) is 154 Å². The van der Waals surface area contributed by atoms with Crippen LogP contribution >= 0.6 is 43.5 Å². The molecule has 1 aliphatic carbocycles. The van der Waals surface area contributed by atoms with Gasteiger partial charge in [-0.15, -0.1) is 0 Å². The number of methoxy groups -OCH3 is 2. The molecule has 7 heteroatoms. The van der Waals surface area contributed by atoms with Crippen molar-refractivity contribution in [2.45, 2.75) is 70.6 Å². The molecule has 4 aromatic rings. The minimum Gasteiger partial charge on any atom is -0.385 e. The molecule has 2 aliphatic heterocycles. The molecular formula is C46H50Br2ClN2O2+. The summed E-state index contributed by atoms with van der Waals surface area (Å²) in [7, 11) is 3.56. The smallest absolute Gasteiger partial charge is 0.210 e. The molecule has 0 saturated heterocycles. The van der Waals surface area contributed by atoms with Crippen LogP contribution in [-0.4, -0.2) is 50.8 Å². The predicted octanol–water partition coefficient (Wildman–Crippen LogP) is 12.8. The standard InChI is InChI=1S/C46H50Br2ClN2O2/c1-45(2)40(50(24-8-26-52-5)38-20-12-32-28-34(47)16-18-36(32)42(38)45)22-14-30-10-7-11-31(44(30)49)15-23-41-46(3,4)43-37-19-17-35(48)29-33(37)13-21-39(43)51(41)25-9-27-53-6/h12-23,28-29H,7-11,24-27H2,1-6H3/q+1. The Morgan fingerprint density at radius 1 is 0.774 bits per heavy atom. The zero-order valence-electron chi connectivity index (χ0n) is 31.8. The summed E-state index contributed by atoms with van der Waals surface area (Å²) in [6, 6.07) is 22.4. The molecule has 4 aromatic carbocycles. The van der Waals surface area contributed by atoms with Gasteiger partial charge in [0.15, 0.2) is 12.3 Å². The quantitative estimate of drug-likeness (QED) is 0.111. The minimum atomic E-state index is -0.188. The highest BCUT2D eigenvalue weighted by Crippen LogP contribution is 2.51. The second-order valence-electron chi connectivity index (χ2n) is 15.6. The number of hydrogen-bond donors (Lipinski definition) is 0. The van der Waals surface area contributed by atoms with E-state index in [9.17, 15) is 0 Å². The van der Waals surface area contributed by atoms with E-state index in [-0.39, 0.29) is 10.8 Å². The molecule has 0 saturated carbocycles. The molecule has 7 rings (SSSR count). The molecule has 4 nitrogen and oxygen atoms in total. The van der Waals surface area contributed by atoms with Gasteiger partial charge in [0.2, 0.25) is 5.69 Å². The number of fused-ring (bicyclic) bond motifs is 6. The summed E-state index contributed by atoms with van der Waals surface area (Å²) in [5.74, 6) is 0. The van der Waals surface area contributed by atoms with E-state index in [1.54, 1.807) is 14.2 Å². The van der Waals surface area contributed by atoms with Crippen LogP contribution < -0.4 is 4.90 Å². The molecule has 3 aliphatic rings. The number of benzene rings is 4. The Balaban J connectivity index is 1.26. The lowest BCUT2D eigenvalue weighted by molar-refractivity contribution is -0.438. The fourth-order valence-corrected chi connectivity index (χ4v) is 9.98. The molecule has 0 N–H and O–H groups in total. The van der Waals surface area contributed by atoms with Crippen LogP contribution in [0.5, 0.6) is 0 Å². The third-order valence-corrected chi connectivity index (χ3v) is 12.9. The highest BCUT2D eigenvalue weighted by atomic mass is 79.9. The summed E-state index contributed by atoms with van der Waals surface area (Å²) in [6.45, 7) is 12.7. The van der Waals surface area contributed by atoms with E-state index in [1.165, 1.54) is 66.6 Å². The molecule has 53 heavy (non-hydrogen) atoms. The lowest BCUT2D eigenvalue weighted by Gasteiger charge is -2.27. The van der Waals surface area contributed by atoms with Crippen LogP contribution in [0, 0.1) is 0 Å². The number of rotatable bonds is 11. The van der Waals surface area contributed by atoms with Crippen molar-refractivity contribution in [2.75, 3.05) is 45.4 Å². The SMILES string of the molecule is COCCCN1/C(=C/C=C2\CCCC(/C=C/C3=[N+](CCCOC)c4ccc5cc(Br)ccc5c4C3(C)C)=C2Cl)C(C)(C)c2c1ccc1cc(Br)ccc21. The number of hydrogen-bond acceptors (Lipinski definition) is 3. The van der Waals surface area contributed by atoms with Crippen molar-refractivity contribution < 1.29 is 14.0 Å². The third-order valence-electron chi connectivity index (χ3n) is 11.4. The van der Waals surface area contributed by atoms with Crippen LogP contribution in [0.1, 0.15) is 70.9 Å². The van der Waals surface area contributed by atoms with Gasteiger partial charge in [-0.25, -0.2) is 0 Å². The molecule has 0 aromatic heterocycles. The summed E-state index contributed by atoms with van der Waals surface area (Å²) >= 11 is 14.7. The van der Waals surface area contributed by atoms with Crippen LogP contribution in [0.25, 0.3) is 21.5 Å². The molecule has 0 amide bonds. The Hall–Kier alpha value is -3.00. The summed E-state index contributed by atoms with van der Waals surface area (Å²) in [5.41, 5.74) is 9.96. The highest BCUT2D eigenvalue weighted by molar-refractivity contribution is 9.10. The Bertz CT molecular complexity index is 2240. The zero-order chi connectivity index (χ0) is 37.5. The van der Waals surface area contributed by atoms with E-state index in [1.807, 2.05) is 0 Å². The molecule has 0 fully saturated rings. The van der Waals surface area contributed by atoms with E-state index in [4.69, 9.17) is 21.1 Å². The second-order valence-corrected chi connectivity index (χ2v) is 17.8. The number of ether oxygens (including phenoxy) is 2. The normalized spacial score (nSPS) is 19.5. The molecule has 276 valence electrons. The topological polar surface area (TPSA) is 24.7 Å². The third kappa shape index (κ3) is 7.15. The van der Waals surface area contributed by atoms with E-state index in [0.29, 0.717) is 0 Å². The van der Waals surface area contributed by atoms with Gasteiger partial charge in [-0.3, -0.25) is 0 Å². The Labute approximate surface area is 337 Å². The first-order valence-electron chi connectivity index (χ1n) is 18.8. The Morgan fingerprint density at radius 3 is 2.13 bits per heavy atom. The van der Waals surface area contributed by atoms with Crippen LogP contribution in [0.4, 0.5) is 11.4 Å². The van der Waals surface area contributed by atoms with Gasteiger partial charge in [0, 0.05) is 82.3 Å². The second kappa shape index (κ2) is 15.6. The van der Waals surface area contributed by atoms with Gasteiger partial charge in [-0.05, 0) is 120 Å². The average Bonchev–Trinajstić information content (AvgIpc) is 3.48. The first-order valence-corrected chi connectivity index (χ1v) is 20.8. The van der Waals surface area contributed by atoms with Crippen LogP contribution in [0.15, 0.2) is 116 Å². The van der Waals surface area contributed by atoms with Crippen molar-refractivity contribution in [1.29, 1.82) is 0 Å². The van der Waals surface area contributed by atoms with Gasteiger partial charge < -0.3 is 14.4 Å². The van der Waals surface area contributed by atoms with Crippen molar-refractivity contribution in [1.82, 2.24) is 0 Å². The molecule has 0 radical (unpaired) electrons. The molecule has 0 spiro atoms.